The Kier molecular flexibility index (Phi) is 4.10. The third-order valence-corrected chi connectivity index (χ3v) is 3.84. The Morgan fingerprint density at radius 3 is 2.79 bits per heavy atom. The molecule has 1 amide bonds. The maximum absolute atomic E-state index is 12.3. The molecule has 1 heterocycles. The van der Waals surface area contributed by atoms with E-state index in [4.69, 9.17) is 16.3 Å². The van der Waals surface area contributed by atoms with Gasteiger partial charge in [-0.3, -0.25) is 9.59 Å². The largest absolute Gasteiger partial charge is 0.469 e. The van der Waals surface area contributed by atoms with E-state index < -0.39 is 0 Å². The van der Waals surface area contributed by atoms with Gasteiger partial charge in [-0.2, -0.15) is 0 Å². The zero-order chi connectivity index (χ0) is 14.0. The molecule has 1 aliphatic heterocycles. The summed E-state index contributed by atoms with van der Waals surface area (Å²) < 4.78 is 4.70. The number of carbonyl (C=O) groups excluding carboxylic acids is 2. The lowest BCUT2D eigenvalue weighted by atomic mass is 10.1. The third-order valence-electron chi connectivity index (χ3n) is 3.43. The quantitative estimate of drug-likeness (QED) is 0.782. The lowest BCUT2D eigenvalue weighted by Gasteiger charge is -2.16. The highest BCUT2D eigenvalue weighted by Crippen LogP contribution is 2.22. The average Bonchev–Trinajstić information content (AvgIpc) is 2.89. The number of esters is 1. The molecule has 4 nitrogen and oxygen atoms in total. The summed E-state index contributed by atoms with van der Waals surface area (Å²) in [6, 6.07) is 5.25. The van der Waals surface area contributed by atoms with Gasteiger partial charge >= 0.3 is 5.97 Å². The molecule has 1 atom stereocenters. The van der Waals surface area contributed by atoms with E-state index >= 15 is 0 Å². The first-order valence-electron chi connectivity index (χ1n) is 6.16. The molecule has 1 aromatic carbocycles. The molecule has 0 aromatic heterocycles. The minimum atomic E-state index is -0.253. The van der Waals surface area contributed by atoms with Crippen molar-refractivity contribution in [2.45, 2.75) is 13.3 Å². The fourth-order valence-corrected chi connectivity index (χ4v) is 2.39. The Bertz CT molecular complexity index is 515. The summed E-state index contributed by atoms with van der Waals surface area (Å²) in [4.78, 5) is 25.4. The average molecular weight is 282 g/mol. The molecule has 0 aliphatic carbocycles. The van der Waals surface area contributed by atoms with E-state index in [1.807, 2.05) is 13.0 Å². The van der Waals surface area contributed by atoms with Crippen LogP contribution in [0, 0.1) is 12.8 Å². The normalized spacial score (nSPS) is 18.5. The van der Waals surface area contributed by atoms with E-state index in [0.717, 1.165) is 5.56 Å². The first-order chi connectivity index (χ1) is 9.02. The summed E-state index contributed by atoms with van der Waals surface area (Å²) in [5.74, 6) is -0.555. The molecule has 1 fully saturated rings. The number of likely N-dealkylation sites (tertiary alicyclic amines) is 1. The highest BCUT2D eigenvalue weighted by Gasteiger charge is 2.32. The van der Waals surface area contributed by atoms with Gasteiger partial charge in [0.05, 0.1) is 13.0 Å². The summed E-state index contributed by atoms with van der Waals surface area (Å²) >= 11 is 6.02. The van der Waals surface area contributed by atoms with Crippen LogP contribution in [0.1, 0.15) is 22.3 Å². The van der Waals surface area contributed by atoms with Crippen molar-refractivity contribution in [3.63, 3.8) is 0 Å². The molecule has 1 aliphatic rings. The summed E-state index contributed by atoms with van der Waals surface area (Å²) in [5, 5.41) is 0.578. The molecule has 2 rings (SSSR count). The molecule has 1 aromatic rings. The maximum atomic E-state index is 12.3. The standard InChI is InChI=1S/C14H16ClNO3/c1-9-3-4-10(7-12(9)15)13(17)16-6-5-11(8-16)14(18)19-2/h3-4,7,11H,5-6,8H2,1-2H3. The molecule has 0 N–H and O–H groups in total. The number of methoxy groups -OCH3 is 1. The Morgan fingerprint density at radius 1 is 1.42 bits per heavy atom. The highest BCUT2D eigenvalue weighted by molar-refractivity contribution is 6.31. The van der Waals surface area contributed by atoms with Crippen LogP contribution in [0.15, 0.2) is 18.2 Å². The van der Waals surface area contributed by atoms with Crippen LogP contribution in [-0.4, -0.2) is 37.0 Å². The van der Waals surface area contributed by atoms with Crippen molar-refractivity contribution >= 4 is 23.5 Å². The molecule has 0 spiro atoms. The van der Waals surface area contributed by atoms with Gasteiger partial charge in [0.15, 0.2) is 0 Å². The van der Waals surface area contributed by atoms with Crippen LogP contribution in [0.5, 0.6) is 0 Å². The van der Waals surface area contributed by atoms with Gasteiger partial charge in [0.1, 0.15) is 0 Å². The van der Waals surface area contributed by atoms with Crippen molar-refractivity contribution in [1.82, 2.24) is 4.90 Å². The number of carbonyl (C=O) groups is 2. The Morgan fingerprint density at radius 2 is 2.16 bits per heavy atom. The zero-order valence-corrected chi connectivity index (χ0v) is 11.7. The van der Waals surface area contributed by atoms with Crippen LogP contribution < -0.4 is 0 Å². The van der Waals surface area contributed by atoms with Crippen LogP contribution in [0.2, 0.25) is 5.02 Å². The van der Waals surface area contributed by atoms with Crippen LogP contribution >= 0.6 is 11.6 Å². The van der Waals surface area contributed by atoms with Crippen LogP contribution in [0.3, 0.4) is 0 Å². The molecule has 102 valence electrons. The predicted octanol–water partition coefficient (Wildman–Crippen LogP) is 2.28. The number of aryl methyl sites for hydroxylation is 1. The molecule has 5 heteroatoms. The van der Waals surface area contributed by atoms with Crippen molar-refractivity contribution in [3.05, 3.63) is 34.3 Å². The van der Waals surface area contributed by atoms with Crippen molar-refractivity contribution in [2.24, 2.45) is 5.92 Å². The Hall–Kier alpha value is -1.55. The van der Waals surface area contributed by atoms with Crippen molar-refractivity contribution in [2.75, 3.05) is 20.2 Å². The summed E-state index contributed by atoms with van der Waals surface area (Å²) in [5.41, 5.74) is 1.49. The zero-order valence-electron chi connectivity index (χ0n) is 11.0. The van der Waals surface area contributed by atoms with Crippen molar-refractivity contribution in [1.29, 1.82) is 0 Å². The van der Waals surface area contributed by atoms with Crippen LogP contribution in [0.25, 0.3) is 0 Å². The number of rotatable bonds is 2. The molecule has 1 unspecified atom stereocenters. The second-order valence-corrected chi connectivity index (χ2v) is 5.13. The van der Waals surface area contributed by atoms with Gasteiger partial charge in [-0.05, 0) is 31.0 Å². The fourth-order valence-electron chi connectivity index (χ4n) is 2.21. The topological polar surface area (TPSA) is 46.6 Å². The lowest BCUT2D eigenvalue weighted by Crippen LogP contribution is -2.30. The minimum absolute atomic E-state index is 0.0895. The summed E-state index contributed by atoms with van der Waals surface area (Å²) in [6.45, 7) is 2.88. The van der Waals surface area contributed by atoms with E-state index in [2.05, 4.69) is 0 Å². The first kappa shape index (κ1) is 13.9. The Labute approximate surface area is 117 Å². The second kappa shape index (κ2) is 5.61. The van der Waals surface area contributed by atoms with Crippen LogP contribution in [-0.2, 0) is 9.53 Å². The third kappa shape index (κ3) is 2.89. The predicted molar refractivity (Wildman–Crippen MR) is 72.2 cm³/mol. The van der Waals surface area contributed by atoms with Gasteiger partial charge in [0, 0.05) is 23.7 Å². The molecule has 1 saturated heterocycles. The molecular weight excluding hydrogens is 266 g/mol. The lowest BCUT2D eigenvalue weighted by molar-refractivity contribution is -0.144. The Balaban J connectivity index is 2.09. The molecular formula is C14H16ClNO3. The number of hydrogen-bond donors (Lipinski definition) is 0. The summed E-state index contributed by atoms with van der Waals surface area (Å²) in [7, 11) is 1.37. The number of ether oxygens (including phenoxy) is 1. The van der Waals surface area contributed by atoms with E-state index in [1.165, 1.54) is 7.11 Å². The van der Waals surface area contributed by atoms with Crippen LogP contribution in [0.4, 0.5) is 0 Å². The number of nitrogens with zero attached hydrogens (tertiary/aromatic N) is 1. The van der Waals surface area contributed by atoms with E-state index in [0.29, 0.717) is 30.1 Å². The van der Waals surface area contributed by atoms with Crippen molar-refractivity contribution in [3.8, 4) is 0 Å². The minimum Gasteiger partial charge on any atom is -0.469 e. The second-order valence-electron chi connectivity index (χ2n) is 4.72. The molecule has 0 saturated carbocycles. The van der Waals surface area contributed by atoms with Crippen molar-refractivity contribution < 1.29 is 14.3 Å². The number of benzene rings is 1. The van der Waals surface area contributed by atoms with Gasteiger partial charge in [-0.1, -0.05) is 17.7 Å². The molecule has 0 radical (unpaired) electrons. The highest BCUT2D eigenvalue weighted by atomic mass is 35.5. The fraction of sp³-hybridized carbons (Fsp3) is 0.429. The SMILES string of the molecule is COC(=O)C1CCN(C(=O)c2ccc(C)c(Cl)c2)C1. The van der Waals surface area contributed by atoms with E-state index in [-0.39, 0.29) is 17.8 Å². The van der Waals surface area contributed by atoms with Gasteiger partial charge in [-0.25, -0.2) is 0 Å². The molecule has 0 bridgehead atoms. The van der Waals surface area contributed by atoms with Gasteiger partial charge in [-0.15, -0.1) is 0 Å². The number of amides is 1. The number of halogens is 1. The molecule has 19 heavy (non-hydrogen) atoms. The maximum Gasteiger partial charge on any atom is 0.310 e. The number of hydrogen-bond acceptors (Lipinski definition) is 3. The monoisotopic (exact) mass is 281 g/mol. The first-order valence-corrected chi connectivity index (χ1v) is 6.54. The van der Waals surface area contributed by atoms with Gasteiger partial charge in [0.2, 0.25) is 0 Å². The van der Waals surface area contributed by atoms with Gasteiger partial charge < -0.3 is 9.64 Å². The smallest absolute Gasteiger partial charge is 0.310 e. The van der Waals surface area contributed by atoms with Gasteiger partial charge in [0.25, 0.3) is 5.91 Å². The van der Waals surface area contributed by atoms with E-state index in [9.17, 15) is 9.59 Å². The van der Waals surface area contributed by atoms with E-state index in [1.54, 1.807) is 17.0 Å². The summed E-state index contributed by atoms with van der Waals surface area (Å²) in [6.07, 6.45) is 0.651.